The monoisotopic (exact) mass is 280 g/mol. The molecule has 1 aromatic carbocycles. The Morgan fingerprint density at radius 1 is 1.05 bits per heavy atom. The molecule has 0 aliphatic rings. The van der Waals surface area contributed by atoms with E-state index < -0.39 is 0 Å². The lowest BCUT2D eigenvalue weighted by Crippen LogP contribution is -2.03. The average Bonchev–Trinajstić information content (AvgIpc) is 2.45. The van der Waals surface area contributed by atoms with Gasteiger partial charge in [0, 0.05) is 5.56 Å². The SMILES string of the molecule is Cc1c(N=C=O)cccc1N=C=O.OCCOCCO. The minimum atomic E-state index is 0.0278. The van der Waals surface area contributed by atoms with Gasteiger partial charge in [-0.15, -0.1) is 0 Å². The van der Waals surface area contributed by atoms with Crippen LogP contribution in [0.15, 0.2) is 28.2 Å². The van der Waals surface area contributed by atoms with Crippen LogP contribution in [0.2, 0.25) is 0 Å². The van der Waals surface area contributed by atoms with E-state index in [-0.39, 0.29) is 13.2 Å². The van der Waals surface area contributed by atoms with Crippen LogP contribution in [0.25, 0.3) is 0 Å². The van der Waals surface area contributed by atoms with Crippen LogP contribution in [0.1, 0.15) is 5.56 Å². The number of isocyanates is 2. The molecule has 0 aliphatic heterocycles. The molecule has 0 aromatic heterocycles. The predicted octanol–water partition coefficient (Wildman–Crippen LogP) is 0.917. The summed E-state index contributed by atoms with van der Waals surface area (Å²) in [6.45, 7) is 2.41. The number of benzene rings is 1. The van der Waals surface area contributed by atoms with E-state index in [1.54, 1.807) is 25.1 Å². The minimum Gasteiger partial charge on any atom is -0.394 e. The quantitative estimate of drug-likeness (QED) is 0.457. The van der Waals surface area contributed by atoms with E-state index in [0.717, 1.165) is 0 Å². The smallest absolute Gasteiger partial charge is 0.240 e. The zero-order valence-electron chi connectivity index (χ0n) is 11.1. The number of aliphatic hydroxyl groups excluding tert-OH is 2. The molecule has 1 aromatic rings. The Balaban J connectivity index is 0.000000441. The van der Waals surface area contributed by atoms with Gasteiger partial charge in [-0.05, 0) is 19.1 Å². The maximum absolute atomic E-state index is 10.00. The highest BCUT2D eigenvalue weighted by Gasteiger charge is 2.00. The highest BCUT2D eigenvalue weighted by Crippen LogP contribution is 2.26. The Hall–Kier alpha value is -2.14. The number of aliphatic imine (C=N–C) groups is 2. The number of ether oxygens (including phenoxy) is 1. The fourth-order valence-electron chi connectivity index (χ4n) is 1.18. The first-order valence-corrected chi connectivity index (χ1v) is 5.76. The minimum absolute atomic E-state index is 0.0278. The first-order chi connectivity index (χ1) is 9.71. The van der Waals surface area contributed by atoms with E-state index in [1.165, 1.54) is 12.2 Å². The lowest BCUT2D eigenvalue weighted by Gasteiger charge is -1.99. The van der Waals surface area contributed by atoms with Gasteiger partial charge in [0.25, 0.3) is 0 Å². The third-order valence-corrected chi connectivity index (χ3v) is 2.08. The summed E-state index contributed by atoms with van der Waals surface area (Å²) >= 11 is 0. The molecule has 0 saturated heterocycles. The van der Waals surface area contributed by atoms with Crippen molar-refractivity contribution in [2.75, 3.05) is 26.4 Å². The van der Waals surface area contributed by atoms with E-state index >= 15 is 0 Å². The molecule has 0 radical (unpaired) electrons. The lowest BCUT2D eigenvalue weighted by molar-refractivity contribution is 0.0650. The van der Waals surface area contributed by atoms with E-state index in [9.17, 15) is 9.59 Å². The van der Waals surface area contributed by atoms with Crippen LogP contribution >= 0.6 is 0 Å². The van der Waals surface area contributed by atoms with Crippen molar-refractivity contribution in [2.45, 2.75) is 6.92 Å². The van der Waals surface area contributed by atoms with Crippen LogP contribution in [-0.2, 0) is 14.3 Å². The van der Waals surface area contributed by atoms with Crippen molar-refractivity contribution in [1.29, 1.82) is 0 Å². The standard InChI is InChI=1S/C9H6N2O2.C4H10O3/c1-7-8(10-5-12)3-2-4-9(7)11-6-13;5-1-3-7-4-2-6/h2-4H,1H3;5-6H,1-4H2. The zero-order valence-corrected chi connectivity index (χ0v) is 11.1. The number of carbonyl (C=O) groups excluding carboxylic acids is 2. The fraction of sp³-hybridized carbons (Fsp3) is 0.385. The maximum Gasteiger partial charge on any atom is 0.240 e. The molecule has 0 spiro atoms. The molecule has 20 heavy (non-hydrogen) atoms. The molecule has 7 nitrogen and oxygen atoms in total. The van der Waals surface area contributed by atoms with E-state index in [4.69, 9.17) is 10.2 Å². The Kier molecular flexibility index (Phi) is 10.6. The van der Waals surface area contributed by atoms with Gasteiger partial charge in [-0.2, -0.15) is 9.98 Å². The Morgan fingerprint density at radius 3 is 1.85 bits per heavy atom. The predicted molar refractivity (Wildman–Crippen MR) is 71.7 cm³/mol. The largest absolute Gasteiger partial charge is 0.394 e. The molecule has 0 heterocycles. The molecule has 108 valence electrons. The normalized spacial score (nSPS) is 8.75. The van der Waals surface area contributed by atoms with Crippen LogP contribution in [-0.4, -0.2) is 48.8 Å². The summed E-state index contributed by atoms with van der Waals surface area (Å²) in [4.78, 5) is 26.9. The number of rotatable bonds is 6. The van der Waals surface area contributed by atoms with Gasteiger partial charge in [0.05, 0.1) is 37.8 Å². The van der Waals surface area contributed by atoms with Gasteiger partial charge in [0.1, 0.15) is 0 Å². The van der Waals surface area contributed by atoms with Gasteiger partial charge >= 0.3 is 0 Å². The van der Waals surface area contributed by atoms with E-state index in [1.807, 2.05) is 0 Å². The zero-order chi connectivity index (χ0) is 15.2. The fourth-order valence-corrected chi connectivity index (χ4v) is 1.18. The van der Waals surface area contributed by atoms with Crippen LogP contribution in [0.5, 0.6) is 0 Å². The van der Waals surface area contributed by atoms with Gasteiger partial charge in [0.15, 0.2) is 0 Å². The summed E-state index contributed by atoms with van der Waals surface area (Å²) < 4.78 is 4.63. The topological polar surface area (TPSA) is 109 Å². The molecule has 0 bridgehead atoms. The summed E-state index contributed by atoms with van der Waals surface area (Å²) in [6.07, 6.45) is 2.86. The number of aliphatic hydroxyl groups is 2. The van der Waals surface area contributed by atoms with Crippen LogP contribution in [0.3, 0.4) is 0 Å². The molecule has 0 aliphatic carbocycles. The molecular formula is C13H16N2O5. The molecule has 0 saturated carbocycles. The van der Waals surface area contributed by atoms with Crippen molar-refractivity contribution in [2.24, 2.45) is 9.98 Å². The van der Waals surface area contributed by atoms with Crippen molar-refractivity contribution in [3.63, 3.8) is 0 Å². The van der Waals surface area contributed by atoms with Gasteiger partial charge in [-0.3, -0.25) is 0 Å². The average molecular weight is 280 g/mol. The number of hydrogen-bond donors (Lipinski definition) is 2. The van der Waals surface area contributed by atoms with Crippen molar-refractivity contribution in [1.82, 2.24) is 0 Å². The summed E-state index contributed by atoms with van der Waals surface area (Å²) in [5, 5.41) is 16.2. The lowest BCUT2D eigenvalue weighted by atomic mass is 10.1. The Labute approximate surface area is 116 Å². The molecule has 0 atom stereocenters. The summed E-state index contributed by atoms with van der Waals surface area (Å²) in [6, 6.07) is 4.94. The van der Waals surface area contributed by atoms with Gasteiger partial charge in [-0.1, -0.05) is 6.07 Å². The molecule has 0 unspecified atom stereocenters. The maximum atomic E-state index is 10.00. The third-order valence-electron chi connectivity index (χ3n) is 2.08. The second-order valence-electron chi connectivity index (χ2n) is 3.39. The van der Waals surface area contributed by atoms with E-state index in [2.05, 4.69) is 14.7 Å². The second kappa shape index (κ2) is 11.9. The van der Waals surface area contributed by atoms with Crippen LogP contribution in [0.4, 0.5) is 11.4 Å². The first-order valence-electron chi connectivity index (χ1n) is 5.76. The van der Waals surface area contributed by atoms with Crippen LogP contribution in [0, 0.1) is 6.92 Å². The summed E-state index contributed by atoms with van der Waals surface area (Å²) in [7, 11) is 0. The molecular weight excluding hydrogens is 264 g/mol. The van der Waals surface area contributed by atoms with Gasteiger partial charge in [0.2, 0.25) is 12.2 Å². The van der Waals surface area contributed by atoms with Crippen LogP contribution < -0.4 is 0 Å². The van der Waals surface area contributed by atoms with E-state index in [0.29, 0.717) is 30.2 Å². The molecule has 7 heteroatoms. The second-order valence-corrected chi connectivity index (χ2v) is 3.39. The molecule has 1 rings (SSSR count). The van der Waals surface area contributed by atoms with Gasteiger partial charge in [-0.25, -0.2) is 9.59 Å². The first kappa shape index (κ1) is 17.9. The molecule has 0 fully saturated rings. The molecule has 0 amide bonds. The van der Waals surface area contributed by atoms with Gasteiger partial charge < -0.3 is 14.9 Å². The summed E-state index contributed by atoms with van der Waals surface area (Å²) in [5.74, 6) is 0. The highest BCUT2D eigenvalue weighted by molar-refractivity contribution is 5.64. The molecule has 2 N–H and O–H groups in total. The van der Waals surface area contributed by atoms with Crippen molar-refractivity contribution in [3.05, 3.63) is 23.8 Å². The van der Waals surface area contributed by atoms with Crippen molar-refractivity contribution in [3.8, 4) is 0 Å². The van der Waals surface area contributed by atoms with Crippen molar-refractivity contribution >= 4 is 23.5 Å². The Bertz CT molecular complexity index is 451. The number of hydrogen-bond acceptors (Lipinski definition) is 7. The third kappa shape index (κ3) is 7.33. The van der Waals surface area contributed by atoms with Crippen molar-refractivity contribution < 1.29 is 24.5 Å². The highest BCUT2D eigenvalue weighted by atomic mass is 16.5. The number of nitrogens with zero attached hydrogens (tertiary/aromatic N) is 2. The Morgan fingerprint density at radius 2 is 1.50 bits per heavy atom. The summed E-state index contributed by atoms with van der Waals surface area (Å²) in [5.41, 5.74) is 1.59.